The third kappa shape index (κ3) is 5.52. The molecule has 2 amide bonds. The molecule has 0 aliphatic carbocycles. The number of H-pyrrole nitrogens is 1. The van der Waals surface area contributed by atoms with Gasteiger partial charge < -0.3 is 15.5 Å². The number of nitrogen functional groups attached to an aromatic ring is 1. The van der Waals surface area contributed by atoms with Crippen LogP contribution in [-0.4, -0.2) is 39.4 Å². The van der Waals surface area contributed by atoms with Gasteiger partial charge in [0.1, 0.15) is 5.82 Å². The Balaban J connectivity index is 1.93. The van der Waals surface area contributed by atoms with Crippen LogP contribution in [0.2, 0.25) is 5.02 Å². The van der Waals surface area contributed by atoms with Crippen LogP contribution >= 0.6 is 11.6 Å². The number of hydrogen-bond acceptors (Lipinski definition) is 5. The van der Waals surface area contributed by atoms with Crippen molar-refractivity contribution in [3.05, 3.63) is 55.7 Å². The van der Waals surface area contributed by atoms with Crippen LogP contribution in [0.25, 0.3) is 0 Å². The third-order valence-corrected chi connectivity index (χ3v) is 6.10. The number of anilines is 2. The van der Waals surface area contributed by atoms with Gasteiger partial charge in [0.15, 0.2) is 5.69 Å². The number of aromatic amines is 1. The normalized spacial score (nSPS) is 16.0. The quantitative estimate of drug-likeness (QED) is 0.590. The van der Waals surface area contributed by atoms with E-state index in [1.807, 2.05) is 45.9 Å². The number of hydrogen-bond donors (Lipinski definition) is 2. The molecular weight excluding hydrogens is 458 g/mol. The molecule has 10 heteroatoms. The first-order valence-electron chi connectivity index (χ1n) is 11.4. The number of nitrogens with one attached hydrogen (secondary N) is 1. The zero-order chi connectivity index (χ0) is 25.2. The molecule has 0 radical (unpaired) electrons. The Labute approximate surface area is 203 Å². The van der Waals surface area contributed by atoms with Crippen molar-refractivity contribution in [1.29, 1.82) is 0 Å². The van der Waals surface area contributed by atoms with Crippen molar-refractivity contribution in [3.63, 3.8) is 0 Å². The van der Waals surface area contributed by atoms with Crippen molar-refractivity contribution < 1.29 is 9.59 Å². The van der Waals surface area contributed by atoms with Gasteiger partial charge in [0.2, 0.25) is 11.8 Å². The molecule has 1 fully saturated rings. The Bertz CT molecular complexity index is 1190. The summed E-state index contributed by atoms with van der Waals surface area (Å²) in [7, 11) is 0. The number of nitrogens with zero attached hydrogens (tertiary/aromatic N) is 3. The highest BCUT2D eigenvalue weighted by molar-refractivity contribution is 6.31. The van der Waals surface area contributed by atoms with Gasteiger partial charge >= 0.3 is 5.69 Å². The SMILES string of the molecule is CC(C)CN(C(=O)[C@H]1CC(=O)N(Cc2ccccc2Cl)C1)c1c(N)n(CC(C)C)c(=O)[nH]c1=O. The van der Waals surface area contributed by atoms with Gasteiger partial charge in [0, 0.05) is 37.6 Å². The first-order valence-corrected chi connectivity index (χ1v) is 11.8. The maximum atomic E-state index is 13.6. The fourth-order valence-corrected chi connectivity index (χ4v) is 4.38. The maximum absolute atomic E-state index is 13.6. The van der Waals surface area contributed by atoms with E-state index in [0.717, 1.165) is 5.56 Å². The smallest absolute Gasteiger partial charge is 0.330 e. The second-order valence-corrected chi connectivity index (χ2v) is 10.0. The van der Waals surface area contributed by atoms with Crippen LogP contribution in [0, 0.1) is 17.8 Å². The van der Waals surface area contributed by atoms with Crippen molar-refractivity contribution in [3.8, 4) is 0 Å². The van der Waals surface area contributed by atoms with E-state index < -0.39 is 17.2 Å². The number of nitrogens with two attached hydrogens (primary N) is 1. The van der Waals surface area contributed by atoms with Gasteiger partial charge in [0.05, 0.1) is 5.92 Å². The summed E-state index contributed by atoms with van der Waals surface area (Å²) >= 11 is 6.24. The van der Waals surface area contributed by atoms with Crippen LogP contribution in [0.15, 0.2) is 33.9 Å². The second kappa shape index (κ2) is 10.5. The summed E-state index contributed by atoms with van der Waals surface area (Å²) in [6.07, 6.45) is 0.0291. The van der Waals surface area contributed by atoms with E-state index in [1.54, 1.807) is 11.0 Å². The monoisotopic (exact) mass is 489 g/mol. The Morgan fingerprint density at radius 3 is 2.47 bits per heavy atom. The van der Waals surface area contributed by atoms with E-state index in [1.165, 1.54) is 9.47 Å². The summed E-state index contributed by atoms with van der Waals surface area (Å²) in [6.45, 7) is 8.70. The van der Waals surface area contributed by atoms with Gasteiger partial charge in [-0.1, -0.05) is 57.5 Å². The molecule has 3 N–H and O–H groups in total. The first-order chi connectivity index (χ1) is 16.0. The summed E-state index contributed by atoms with van der Waals surface area (Å²) < 4.78 is 1.28. The average molecular weight is 490 g/mol. The van der Waals surface area contributed by atoms with E-state index in [0.29, 0.717) is 18.1 Å². The van der Waals surface area contributed by atoms with E-state index in [9.17, 15) is 19.2 Å². The van der Waals surface area contributed by atoms with Crippen molar-refractivity contribution in [2.45, 2.75) is 47.2 Å². The van der Waals surface area contributed by atoms with Gasteiger partial charge in [-0.2, -0.15) is 0 Å². The van der Waals surface area contributed by atoms with Crippen LogP contribution in [-0.2, 0) is 22.7 Å². The zero-order valence-electron chi connectivity index (χ0n) is 20.0. The van der Waals surface area contributed by atoms with Crippen molar-refractivity contribution in [2.75, 3.05) is 23.7 Å². The Hall–Kier alpha value is -3.07. The topological polar surface area (TPSA) is 121 Å². The molecule has 34 heavy (non-hydrogen) atoms. The number of benzene rings is 1. The molecule has 0 saturated carbocycles. The van der Waals surface area contributed by atoms with Crippen molar-refractivity contribution >= 4 is 34.9 Å². The zero-order valence-corrected chi connectivity index (χ0v) is 20.8. The average Bonchev–Trinajstić information content (AvgIpc) is 3.11. The number of halogens is 1. The minimum absolute atomic E-state index is 0.0181. The lowest BCUT2D eigenvalue weighted by Gasteiger charge is -2.28. The predicted molar refractivity (Wildman–Crippen MR) is 133 cm³/mol. The number of carbonyl (C=O) groups excluding carboxylic acids is 2. The molecule has 184 valence electrons. The van der Waals surface area contributed by atoms with Crippen LogP contribution in [0.3, 0.4) is 0 Å². The molecule has 1 aliphatic rings. The molecule has 0 unspecified atom stereocenters. The van der Waals surface area contributed by atoms with E-state index in [2.05, 4.69) is 4.98 Å². The summed E-state index contributed by atoms with van der Waals surface area (Å²) in [4.78, 5) is 56.8. The minimum Gasteiger partial charge on any atom is -0.383 e. The van der Waals surface area contributed by atoms with E-state index in [4.69, 9.17) is 17.3 Å². The lowest BCUT2D eigenvalue weighted by atomic mass is 10.1. The lowest BCUT2D eigenvalue weighted by Crippen LogP contribution is -2.45. The molecule has 1 atom stereocenters. The number of amides is 2. The van der Waals surface area contributed by atoms with E-state index >= 15 is 0 Å². The van der Waals surface area contributed by atoms with Gasteiger partial charge in [-0.15, -0.1) is 0 Å². The number of likely N-dealkylation sites (tertiary alicyclic amines) is 1. The van der Waals surface area contributed by atoms with Gasteiger partial charge in [-0.25, -0.2) is 4.79 Å². The van der Waals surface area contributed by atoms with Crippen LogP contribution in [0.1, 0.15) is 39.7 Å². The van der Waals surface area contributed by atoms with Crippen LogP contribution in [0.4, 0.5) is 11.5 Å². The highest BCUT2D eigenvalue weighted by Gasteiger charge is 2.38. The number of rotatable bonds is 8. The molecule has 2 heterocycles. The molecule has 1 saturated heterocycles. The van der Waals surface area contributed by atoms with E-state index in [-0.39, 0.29) is 54.7 Å². The number of aromatic nitrogens is 2. The fourth-order valence-electron chi connectivity index (χ4n) is 4.18. The highest BCUT2D eigenvalue weighted by atomic mass is 35.5. The predicted octanol–water partition coefficient (Wildman–Crippen LogP) is 2.47. The fraction of sp³-hybridized carbons (Fsp3) is 0.500. The Morgan fingerprint density at radius 1 is 1.18 bits per heavy atom. The first kappa shape index (κ1) is 25.6. The molecule has 3 rings (SSSR count). The highest BCUT2D eigenvalue weighted by Crippen LogP contribution is 2.28. The van der Waals surface area contributed by atoms with Gasteiger partial charge in [-0.3, -0.25) is 23.9 Å². The second-order valence-electron chi connectivity index (χ2n) is 9.61. The standard InChI is InChI=1S/C24H32ClN5O4/c1-14(2)10-29(20-21(26)30(11-15(3)4)24(34)27-22(20)32)23(33)17-9-19(31)28(13-17)12-16-7-5-6-8-18(16)25/h5-8,14-15,17H,9-13,26H2,1-4H3,(H,27,32,34)/t17-/m0/s1. The minimum atomic E-state index is -0.714. The maximum Gasteiger partial charge on any atom is 0.330 e. The Morgan fingerprint density at radius 2 is 1.85 bits per heavy atom. The molecule has 1 aromatic carbocycles. The molecule has 0 bridgehead atoms. The lowest BCUT2D eigenvalue weighted by molar-refractivity contribution is -0.128. The molecule has 1 aliphatic heterocycles. The van der Waals surface area contributed by atoms with Crippen LogP contribution < -0.4 is 21.9 Å². The van der Waals surface area contributed by atoms with Crippen molar-refractivity contribution in [2.24, 2.45) is 17.8 Å². The molecule has 9 nitrogen and oxygen atoms in total. The van der Waals surface area contributed by atoms with Crippen LogP contribution in [0.5, 0.6) is 0 Å². The van der Waals surface area contributed by atoms with Gasteiger partial charge in [0.25, 0.3) is 5.56 Å². The molecule has 2 aromatic rings. The largest absolute Gasteiger partial charge is 0.383 e. The molecule has 0 spiro atoms. The number of carbonyl (C=O) groups is 2. The summed E-state index contributed by atoms with van der Waals surface area (Å²) in [5, 5.41) is 0.554. The van der Waals surface area contributed by atoms with Crippen molar-refractivity contribution in [1.82, 2.24) is 14.5 Å². The summed E-state index contributed by atoms with van der Waals surface area (Å²) in [5.41, 5.74) is 5.70. The van der Waals surface area contributed by atoms with Gasteiger partial charge in [-0.05, 0) is 23.5 Å². The summed E-state index contributed by atoms with van der Waals surface area (Å²) in [6, 6.07) is 7.25. The molecule has 1 aromatic heterocycles. The third-order valence-electron chi connectivity index (χ3n) is 5.73. The summed E-state index contributed by atoms with van der Waals surface area (Å²) in [5.74, 6) is -1.10. The Kier molecular flexibility index (Phi) is 7.86. The molecular formula is C24H32ClN5O4.